The van der Waals surface area contributed by atoms with Crippen molar-refractivity contribution in [3.05, 3.63) is 41.0 Å². The maximum atomic E-state index is 13.5. The molecule has 3 aliphatic heterocycles. The summed E-state index contributed by atoms with van der Waals surface area (Å²) in [6, 6.07) is 3.48. The average Bonchev–Trinajstić information content (AvgIpc) is 3.24. The largest absolute Gasteiger partial charge is 0.492 e. The van der Waals surface area contributed by atoms with Gasteiger partial charge in [-0.1, -0.05) is 18.2 Å². The van der Waals surface area contributed by atoms with Crippen LogP contribution in [0.25, 0.3) is 6.08 Å². The summed E-state index contributed by atoms with van der Waals surface area (Å²) in [5, 5.41) is 0. The minimum Gasteiger partial charge on any atom is -0.492 e. The predicted molar refractivity (Wildman–Crippen MR) is 147 cm³/mol. The van der Waals surface area contributed by atoms with Crippen LogP contribution in [0.2, 0.25) is 0 Å². The van der Waals surface area contributed by atoms with Gasteiger partial charge in [0.2, 0.25) is 0 Å². The molecule has 220 valence electrons. The molecule has 1 aromatic rings. The van der Waals surface area contributed by atoms with Crippen molar-refractivity contribution >= 4 is 17.8 Å². The molecular weight excluding hydrogens is 518 g/mol. The van der Waals surface area contributed by atoms with Gasteiger partial charge in [-0.25, -0.2) is 4.79 Å². The molecule has 2 fully saturated rings. The lowest BCUT2D eigenvalue weighted by Crippen LogP contribution is -2.38. The zero-order valence-corrected chi connectivity index (χ0v) is 24.1. The monoisotopic (exact) mass is 559 g/mol. The number of rotatable bonds is 7. The first-order chi connectivity index (χ1) is 19.2. The van der Waals surface area contributed by atoms with Gasteiger partial charge in [0.05, 0.1) is 19.3 Å². The number of cyclic esters (lactones) is 1. The number of ketones is 1. The molecule has 3 atom stereocenters. The van der Waals surface area contributed by atoms with Crippen molar-refractivity contribution in [2.45, 2.75) is 64.6 Å². The minimum atomic E-state index is -0.877. The number of methoxy groups -OCH3 is 1. The van der Waals surface area contributed by atoms with E-state index in [0.717, 1.165) is 25.2 Å². The van der Waals surface area contributed by atoms with Crippen LogP contribution in [0.1, 0.15) is 56.5 Å². The zero-order valence-electron chi connectivity index (χ0n) is 24.1. The van der Waals surface area contributed by atoms with Crippen molar-refractivity contribution in [2.75, 3.05) is 53.4 Å². The Morgan fingerprint density at radius 2 is 1.88 bits per heavy atom. The number of Topliss-reactive ketones (excluding diaryl/α,β-unsaturated/α-hetero) is 1. The molecule has 3 heterocycles. The number of morpholine rings is 1. The summed E-state index contributed by atoms with van der Waals surface area (Å²) in [6.07, 6.45) is 4.30. The number of nitrogens with zero attached hydrogens (tertiary/aromatic N) is 1. The summed E-state index contributed by atoms with van der Waals surface area (Å²) in [6.45, 7) is 11.5. The number of hydrogen-bond donors (Lipinski definition) is 0. The number of allylic oxidation sites excluding steroid dienone is 1. The van der Waals surface area contributed by atoms with Crippen molar-refractivity contribution in [2.24, 2.45) is 0 Å². The number of hydrogen-bond acceptors (Lipinski definition) is 10. The summed E-state index contributed by atoms with van der Waals surface area (Å²) in [4.78, 5) is 28.8. The van der Waals surface area contributed by atoms with Crippen LogP contribution in [0.5, 0.6) is 11.5 Å². The summed E-state index contributed by atoms with van der Waals surface area (Å²) < 4.78 is 40.3. The highest BCUT2D eigenvalue weighted by atomic mass is 16.8. The number of benzene rings is 1. The van der Waals surface area contributed by atoms with E-state index in [-0.39, 0.29) is 24.6 Å². The van der Waals surface area contributed by atoms with E-state index in [1.807, 2.05) is 13.0 Å². The van der Waals surface area contributed by atoms with Gasteiger partial charge in [-0.15, -0.1) is 0 Å². The van der Waals surface area contributed by atoms with Gasteiger partial charge in [-0.05, 0) is 51.3 Å². The van der Waals surface area contributed by atoms with Crippen molar-refractivity contribution in [1.82, 2.24) is 4.90 Å². The highest BCUT2D eigenvalue weighted by Crippen LogP contribution is 2.34. The van der Waals surface area contributed by atoms with Crippen LogP contribution >= 0.6 is 0 Å². The number of esters is 1. The van der Waals surface area contributed by atoms with Gasteiger partial charge in [0.1, 0.15) is 35.9 Å². The van der Waals surface area contributed by atoms with Gasteiger partial charge in [0, 0.05) is 39.2 Å². The summed E-state index contributed by atoms with van der Waals surface area (Å²) in [7, 11) is 1.51. The Hall–Kier alpha value is -2.76. The topological polar surface area (TPSA) is 102 Å². The molecule has 0 bridgehead atoms. The minimum absolute atomic E-state index is 0.0543. The average molecular weight is 560 g/mol. The molecule has 40 heavy (non-hydrogen) atoms. The fourth-order valence-corrected chi connectivity index (χ4v) is 4.86. The van der Waals surface area contributed by atoms with Gasteiger partial charge in [0.25, 0.3) is 0 Å². The molecule has 0 aromatic heterocycles. The Morgan fingerprint density at radius 1 is 1.10 bits per heavy atom. The van der Waals surface area contributed by atoms with Crippen LogP contribution in [0.3, 0.4) is 0 Å². The second-order valence-electron chi connectivity index (χ2n) is 10.6. The quantitative estimate of drug-likeness (QED) is 0.279. The van der Waals surface area contributed by atoms with Crippen LogP contribution in [0.15, 0.2) is 29.9 Å². The lowest BCUT2D eigenvalue weighted by molar-refractivity contribution is -0.154. The summed E-state index contributed by atoms with van der Waals surface area (Å²) >= 11 is 0. The lowest BCUT2D eigenvalue weighted by atomic mass is 10.00. The van der Waals surface area contributed by atoms with Gasteiger partial charge in [-0.3, -0.25) is 9.69 Å². The van der Waals surface area contributed by atoms with Crippen molar-refractivity contribution in [3.8, 4) is 11.5 Å². The maximum Gasteiger partial charge on any atom is 0.343 e. The first-order valence-electron chi connectivity index (χ1n) is 13.8. The van der Waals surface area contributed by atoms with Crippen LogP contribution in [0.4, 0.5) is 0 Å². The molecule has 4 rings (SSSR count). The van der Waals surface area contributed by atoms with Crippen LogP contribution in [-0.4, -0.2) is 94.1 Å². The third-order valence-electron chi connectivity index (χ3n) is 7.14. The number of fused-ring (bicyclic) bond motifs is 2. The zero-order chi connectivity index (χ0) is 28.7. The first-order valence-corrected chi connectivity index (χ1v) is 13.8. The molecule has 2 unspecified atom stereocenters. The molecule has 0 aliphatic carbocycles. The van der Waals surface area contributed by atoms with Crippen LogP contribution in [-0.2, 0) is 28.5 Å². The molecular formula is C30H41NO9. The Bertz CT molecular complexity index is 1110. The van der Waals surface area contributed by atoms with E-state index in [9.17, 15) is 9.59 Å². The maximum absolute atomic E-state index is 13.5. The van der Waals surface area contributed by atoms with E-state index in [1.54, 1.807) is 45.1 Å². The summed E-state index contributed by atoms with van der Waals surface area (Å²) in [5.41, 5.74) is 1.59. The van der Waals surface area contributed by atoms with E-state index >= 15 is 0 Å². The molecule has 3 aliphatic rings. The van der Waals surface area contributed by atoms with Crippen molar-refractivity contribution in [3.63, 3.8) is 0 Å². The van der Waals surface area contributed by atoms with Crippen LogP contribution < -0.4 is 9.47 Å². The Morgan fingerprint density at radius 3 is 2.62 bits per heavy atom. The standard InChI is InChI=1S/C30H41NO9/c1-20-9-10-24(32)28-25(39-30(3,4)40-28)8-6-7-22-17-23(36-16-13-31-11-14-35-15-12-31)18-26(37-19-34-5)27(22)29(33)38-21(20)2/h6-7,9,17-18,21,25,28H,8,10-16,19H2,1-5H3/t21-,25?,28?/m0/s1. The third kappa shape index (κ3) is 7.92. The van der Waals surface area contributed by atoms with Crippen molar-refractivity contribution in [1.29, 1.82) is 0 Å². The normalized spacial score (nSPS) is 25.8. The fourth-order valence-electron chi connectivity index (χ4n) is 4.86. The Kier molecular flexibility index (Phi) is 10.4. The highest BCUT2D eigenvalue weighted by Gasteiger charge is 2.44. The Balaban J connectivity index is 1.66. The Labute approximate surface area is 236 Å². The number of carbonyl (C=O) groups is 2. The molecule has 0 amide bonds. The van der Waals surface area contributed by atoms with E-state index in [1.165, 1.54) is 7.11 Å². The SMILES string of the molecule is COCOc1cc(OCCN2CCOCC2)cc2c1C(=O)O[C@@H](C)C(C)=CCC(=O)C1OC(C)(C)OC1CC=C2. The van der Waals surface area contributed by atoms with Gasteiger partial charge >= 0.3 is 5.97 Å². The van der Waals surface area contributed by atoms with E-state index in [4.69, 9.17) is 33.2 Å². The molecule has 1 aromatic carbocycles. The fraction of sp³-hybridized carbons (Fsp3) is 0.600. The molecule has 10 nitrogen and oxygen atoms in total. The molecule has 10 heteroatoms. The second-order valence-corrected chi connectivity index (χ2v) is 10.6. The molecule has 2 saturated heterocycles. The van der Waals surface area contributed by atoms with Gasteiger partial charge < -0.3 is 33.2 Å². The molecule has 0 radical (unpaired) electrons. The van der Waals surface area contributed by atoms with E-state index in [2.05, 4.69) is 4.90 Å². The number of ether oxygens (including phenoxy) is 7. The van der Waals surface area contributed by atoms with Gasteiger partial charge in [-0.2, -0.15) is 0 Å². The van der Waals surface area contributed by atoms with E-state index < -0.39 is 30.1 Å². The van der Waals surface area contributed by atoms with Crippen LogP contribution in [0, 0.1) is 0 Å². The molecule has 0 saturated carbocycles. The third-order valence-corrected chi connectivity index (χ3v) is 7.14. The van der Waals surface area contributed by atoms with Crippen molar-refractivity contribution < 1.29 is 42.7 Å². The molecule has 0 N–H and O–H groups in total. The smallest absolute Gasteiger partial charge is 0.343 e. The lowest BCUT2D eigenvalue weighted by Gasteiger charge is -2.26. The highest BCUT2D eigenvalue weighted by molar-refractivity contribution is 5.97. The second kappa shape index (κ2) is 13.7. The van der Waals surface area contributed by atoms with E-state index in [0.29, 0.717) is 43.3 Å². The van der Waals surface area contributed by atoms with Gasteiger partial charge in [0.15, 0.2) is 18.4 Å². The first kappa shape index (κ1) is 30.2. The predicted octanol–water partition coefficient (Wildman–Crippen LogP) is 3.77. The number of carbonyl (C=O) groups excluding carboxylic acids is 2. The molecule has 0 spiro atoms. The summed E-state index contributed by atoms with van der Waals surface area (Å²) in [5.74, 6) is -0.654.